The first kappa shape index (κ1) is 35.9. The molecule has 1 atom stereocenters. The number of hydrogen-bond donors (Lipinski definition) is 3. The predicted octanol–water partition coefficient (Wildman–Crippen LogP) is 7.80. The maximum absolute atomic E-state index is 13.8. The lowest BCUT2D eigenvalue weighted by atomic mass is 10.1. The number of rotatable bonds is 13. The topological polar surface area (TPSA) is 149 Å². The predicted molar refractivity (Wildman–Crippen MR) is 198 cm³/mol. The van der Waals surface area contributed by atoms with Gasteiger partial charge in [0.2, 0.25) is 5.91 Å². The number of benzene rings is 5. The number of non-ortho nitro benzene ring substituents is 1. The first-order chi connectivity index (χ1) is 24.6. The van der Waals surface area contributed by atoms with Crippen LogP contribution in [0.25, 0.3) is 6.08 Å². The number of nitrogens with one attached hydrogen (secondary N) is 3. The molecule has 0 aromatic heterocycles. The molecule has 51 heavy (non-hydrogen) atoms. The summed E-state index contributed by atoms with van der Waals surface area (Å²) in [6, 6.07) is 34.1. The van der Waals surface area contributed by atoms with Gasteiger partial charge in [0.1, 0.15) is 10.9 Å². The van der Waals surface area contributed by atoms with E-state index in [4.69, 9.17) is 9.47 Å². The minimum atomic E-state index is -0.711. The third kappa shape index (κ3) is 9.40. The van der Waals surface area contributed by atoms with Crippen LogP contribution in [-0.4, -0.2) is 36.9 Å². The molecule has 5 rings (SSSR count). The van der Waals surface area contributed by atoms with E-state index >= 15 is 0 Å². The van der Waals surface area contributed by atoms with E-state index in [1.54, 1.807) is 73.7 Å². The number of amides is 3. The number of hydrogen-bond acceptors (Lipinski definition) is 8. The van der Waals surface area contributed by atoms with Gasteiger partial charge < -0.3 is 25.4 Å². The van der Waals surface area contributed by atoms with Crippen LogP contribution in [0.5, 0.6) is 11.5 Å². The van der Waals surface area contributed by atoms with Gasteiger partial charge in [0.25, 0.3) is 17.5 Å². The number of nitrogens with zero attached hydrogens (tertiary/aromatic N) is 1. The highest BCUT2D eigenvalue weighted by Crippen LogP contribution is 2.38. The molecule has 12 heteroatoms. The van der Waals surface area contributed by atoms with Crippen LogP contribution in [0, 0.1) is 17.0 Å². The molecule has 0 spiro atoms. The van der Waals surface area contributed by atoms with Gasteiger partial charge in [-0.25, -0.2) is 0 Å². The summed E-state index contributed by atoms with van der Waals surface area (Å²) in [5.41, 5.74) is 3.03. The zero-order valence-corrected chi connectivity index (χ0v) is 28.7. The number of carbonyl (C=O) groups is 3. The molecule has 0 aliphatic carbocycles. The maximum atomic E-state index is 13.8. The van der Waals surface area contributed by atoms with E-state index in [0.29, 0.717) is 44.5 Å². The summed E-state index contributed by atoms with van der Waals surface area (Å²) in [6.45, 7) is 1.69. The average molecular weight is 703 g/mol. The van der Waals surface area contributed by atoms with Crippen LogP contribution in [0.2, 0.25) is 0 Å². The van der Waals surface area contributed by atoms with E-state index in [-0.39, 0.29) is 17.3 Å². The highest BCUT2D eigenvalue weighted by atomic mass is 32.2. The van der Waals surface area contributed by atoms with E-state index < -0.39 is 22.0 Å². The normalized spacial score (nSPS) is 11.5. The molecular weight excluding hydrogens is 669 g/mol. The fraction of sp³-hybridized carbons (Fsp3) is 0.103. The summed E-state index contributed by atoms with van der Waals surface area (Å²) in [4.78, 5) is 52.0. The summed E-state index contributed by atoms with van der Waals surface area (Å²) < 4.78 is 10.7. The van der Waals surface area contributed by atoms with Gasteiger partial charge in [-0.2, -0.15) is 0 Å². The Bertz CT molecular complexity index is 2090. The van der Waals surface area contributed by atoms with Crippen molar-refractivity contribution in [3.05, 3.63) is 159 Å². The Kier molecular flexibility index (Phi) is 11.8. The second-order valence-electron chi connectivity index (χ2n) is 11.1. The van der Waals surface area contributed by atoms with Gasteiger partial charge in [0, 0.05) is 34.0 Å². The molecule has 0 fully saturated rings. The lowest BCUT2D eigenvalue weighted by molar-refractivity contribution is -0.384. The number of thioether (sulfide) groups is 1. The van der Waals surface area contributed by atoms with Crippen LogP contribution in [0.3, 0.4) is 0 Å². The Morgan fingerprint density at radius 3 is 2.16 bits per heavy atom. The standard InChI is InChI=1S/C39H34N4O7S/c1-25-21-30(43(47)48)18-19-32(25)41-39(46)36(27-11-6-4-7-12-27)51-31-16-10-15-29(24-31)40-38(45)33(42-37(44)28-13-8-5-9-14-28)22-26-17-20-34(49-2)35(23-26)50-3/h4-24,36H,1-3H3,(H,40,45)(H,41,46)(H,42,44)/b33-22+. The van der Waals surface area contributed by atoms with Crippen molar-refractivity contribution in [2.45, 2.75) is 17.1 Å². The van der Waals surface area contributed by atoms with Crippen molar-refractivity contribution in [3.63, 3.8) is 0 Å². The van der Waals surface area contributed by atoms with Crippen molar-refractivity contribution in [1.82, 2.24) is 5.32 Å². The van der Waals surface area contributed by atoms with Crippen LogP contribution >= 0.6 is 11.8 Å². The van der Waals surface area contributed by atoms with E-state index in [1.165, 1.54) is 50.3 Å². The Labute approximate surface area is 298 Å². The van der Waals surface area contributed by atoms with Crippen LogP contribution in [0.1, 0.15) is 32.3 Å². The van der Waals surface area contributed by atoms with Crippen molar-refractivity contribution in [1.29, 1.82) is 0 Å². The molecule has 3 amide bonds. The van der Waals surface area contributed by atoms with Crippen molar-refractivity contribution in [3.8, 4) is 11.5 Å². The third-order valence-corrected chi connectivity index (χ3v) is 8.86. The lowest BCUT2D eigenvalue weighted by Gasteiger charge is -2.18. The maximum Gasteiger partial charge on any atom is 0.272 e. The van der Waals surface area contributed by atoms with Crippen molar-refractivity contribution in [2.75, 3.05) is 24.9 Å². The fourth-order valence-corrected chi connectivity index (χ4v) is 6.12. The van der Waals surface area contributed by atoms with E-state index in [1.807, 2.05) is 36.4 Å². The molecule has 0 aliphatic heterocycles. The SMILES string of the molecule is COc1ccc(/C=C(/NC(=O)c2ccccc2)C(=O)Nc2cccc(SC(C(=O)Nc3ccc([N+](=O)[O-])cc3C)c3ccccc3)c2)cc1OC. The highest BCUT2D eigenvalue weighted by molar-refractivity contribution is 8.00. The Hall–Kier alpha value is -6.40. The molecule has 0 saturated carbocycles. The summed E-state index contributed by atoms with van der Waals surface area (Å²) >= 11 is 1.27. The molecule has 258 valence electrons. The van der Waals surface area contributed by atoms with Crippen LogP contribution < -0.4 is 25.4 Å². The van der Waals surface area contributed by atoms with Crippen molar-refractivity contribution in [2.24, 2.45) is 0 Å². The summed E-state index contributed by atoms with van der Waals surface area (Å²) in [5, 5.41) is 19.0. The Morgan fingerprint density at radius 2 is 1.49 bits per heavy atom. The lowest BCUT2D eigenvalue weighted by Crippen LogP contribution is -2.30. The largest absolute Gasteiger partial charge is 0.493 e. The quantitative estimate of drug-likeness (QED) is 0.0487. The molecule has 0 radical (unpaired) electrons. The van der Waals surface area contributed by atoms with Gasteiger partial charge in [0.15, 0.2) is 11.5 Å². The number of anilines is 2. The van der Waals surface area contributed by atoms with E-state index in [2.05, 4.69) is 16.0 Å². The van der Waals surface area contributed by atoms with Gasteiger partial charge >= 0.3 is 0 Å². The first-order valence-corrected chi connectivity index (χ1v) is 16.5. The second kappa shape index (κ2) is 16.8. The van der Waals surface area contributed by atoms with E-state index in [0.717, 1.165) is 5.56 Å². The smallest absolute Gasteiger partial charge is 0.272 e. The zero-order chi connectivity index (χ0) is 36.3. The number of methoxy groups -OCH3 is 2. The molecule has 3 N–H and O–H groups in total. The zero-order valence-electron chi connectivity index (χ0n) is 27.9. The summed E-state index contributed by atoms with van der Waals surface area (Å²) in [7, 11) is 3.02. The average Bonchev–Trinajstić information content (AvgIpc) is 3.15. The number of aryl methyl sites for hydroxylation is 1. The molecule has 0 saturated heterocycles. The molecular formula is C39H34N4O7S. The molecule has 0 heterocycles. The van der Waals surface area contributed by atoms with E-state index in [9.17, 15) is 24.5 Å². The van der Waals surface area contributed by atoms with Gasteiger partial charge in [-0.1, -0.05) is 60.7 Å². The summed E-state index contributed by atoms with van der Waals surface area (Å²) in [6.07, 6.45) is 1.53. The van der Waals surface area contributed by atoms with Crippen molar-refractivity contribution >= 4 is 52.6 Å². The molecule has 0 bridgehead atoms. The van der Waals surface area contributed by atoms with Crippen LogP contribution in [0.4, 0.5) is 17.1 Å². The molecule has 0 aliphatic rings. The van der Waals surface area contributed by atoms with Crippen LogP contribution in [-0.2, 0) is 9.59 Å². The molecule has 5 aromatic rings. The van der Waals surface area contributed by atoms with Gasteiger partial charge in [-0.3, -0.25) is 24.5 Å². The first-order valence-electron chi connectivity index (χ1n) is 15.6. The fourth-order valence-electron chi connectivity index (χ4n) is 5.03. The number of nitro groups is 1. The molecule has 1 unspecified atom stereocenters. The number of ether oxygens (including phenoxy) is 2. The summed E-state index contributed by atoms with van der Waals surface area (Å²) in [5.74, 6) is -0.426. The highest BCUT2D eigenvalue weighted by Gasteiger charge is 2.24. The monoisotopic (exact) mass is 702 g/mol. The third-order valence-electron chi connectivity index (χ3n) is 7.61. The second-order valence-corrected chi connectivity index (χ2v) is 12.3. The van der Waals surface area contributed by atoms with Gasteiger partial charge in [0.05, 0.1) is 19.1 Å². The minimum absolute atomic E-state index is 0.0193. The van der Waals surface area contributed by atoms with Gasteiger partial charge in [-0.15, -0.1) is 11.8 Å². The minimum Gasteiger partial charge on any atom is -0.493 e. The Balaban J connectivity index is 1.40. The van der Waals surface area contributed by atoms with Crippen molar-refractivity contribution < 1.29 is 28.8 Å². The molecule has 5 aromatic carbocycles. The Morgan fingerprint density at radius 1 is 0.784 bits per heavy atom. The number of nitro benzene ring substituents is 1. The molecule has 11 nitrogen and oxygen atoms in total. The van der Waals surface area contributed by atoms with Crippen LogP contribution in [0.15, 0.2) is 132 Å². The van der Waals surface area contributed by atoms with Gasteiger partial charge in [-0.05, 0) is 78.2 Å². The number of carbonyl (C=O) groups excluding carboxylic acids is 3.